The van der Waals surface area contributed by atoms with Gasteiger partial charge in [0, 0.05) is 31.1 Å². The van der Waals surface area contributed by atoms with E-state index in [2.05, 4.69) is 222 Å². The first-order valence-electron chi connectivity index (χ1n) is 23.6. The number of hydrogen-bond acceptors (Lipinski definition) is 2. The highest BCUT2D eigenvalue weighted by Crippen LogP contribution is 2.49. The lowest BCUT2D eigenvalue weighted by molar-refractivity contribution is 0.632. The molecule has 67 heavy (non-hydrogen) atoms. The summed E-state index contributed by atoms with van der Waals surface area (Å²) in [6.07, 6.45) is 0. The summed E-state index contributed by atoms with van der Waals surface area (Å²) in [4.78, 5) is 0. The maximum absolute atomic E-state index is 6.75. The summed E-state index contributed by atoms with van der Waals surface area (Å²) in [6.45, 7) is 0. The molecular formula is C56H43B9OS. The monoisotopic (exact) mass is 862 g/mol. The quantitative estimate of drug-likeness (QED) is 0.186. The molecule has 0 aliphatic heterocycles. The van der Waals surface area contributed by atoms with E-state index in [1.165, 1.54) is 146 Å². The van der Waals surface area contributed by atoms with Crippen LogP contribution in [-0.4, -0.2) is 70.6 Å². The summed E-state index contributed by atoms with van der Waals surface area (Å²) in [7, 11) is 21.0. The number of benzene rings is 10. The molecule has 12 aromatic rings. The Hall–Kier alpha value is -6.68. The van der Waals surface area contributed by atoms with E-state index in [4.69, 9.17) is 4.42 Å². The molecule has 1 nitrogen and oxygen atoms in total. The molecule has 0 saturated heterocycles. The molecule has 0 radical (unpaired) electrons. The zero-order valence-electron chi connectivity index (χ0n) is 39.8. The molecule has 306 valence electrons. The van der Waals surface area contributed by atoms with Crippen LogP contribution in [0.1, 0.15) is 0 Å². The van der Waals surface area contributed by atoms with Crippen LogP contribution < -0.4 is 49.2 Å². The molecule has 0 N–H and O–H groups in total. The predicted octanol–water partition coefficient (Wildman–Crippen LogP) is 0.921. The number of thiophene rings is 1. The fourth-order valence-electron chi connectivity index (χ4n) is 11.5. The maximum atomic E-state index is 6.75. The second-order valence-electron chi connectivity index (χ2n) is 19.0. The molecule has 0 saturated carbocycles. The van der Waals surface area contributed by atoms with Crippen molar-refractivity contribution in [3.63, 3.8) is 0 Å². The Bertz CT molecular complexity index is 4070. The fraction of sp³-hybridized carbons (Fsp3) is 0. The van der Waals surface area contributed by atoms with Gasteiger partial charge >= 0.3 is 0 Å². The first kappa shape index (κ1) is 41.7. The highest BCUT2D eigenvalue weighted by atomic mass is 32.1. The van der Waals surface area contributed by atoms with Gasteiger partial charge in [-0.1, -0.05) is 137 Å². The molecule has 0 atom stereocenters. The van der Waals surface area contributed by atoms with E-state index in [-0.39, 0.29) is 0 Å². The Labute approximate surface area is 404 Å². The first-order valence-corrected chi connectivity index (χ1v) is 24.4. The van der Waals surface area contributed by atoms with Gasteiger partial charge in [-0.3, -0.25) is 0 Å². The second-order valence-corrected chi connectivity index (χ2v) is 20.0. The molecule has 2 aromatic heterocycles. The largest absolute Gasteiger partial charge is 0.456 e. The van der Waals surface area contributed by atoms with Crippen molar-refractivity contribution in [2.24, 2.45) is 0 Å². The zero-order chi connectivity index (χ0) is 46.0. The third kappa shape index (κ3) is 6.27. The van der Waals surface area contributed by atoms with E-state index < -0.39 is 0 Å². The molecule has 0 aliphatic carbocycles. The van der Waals surface area contributed by atoms with Crippen molar-refractivity contribution in [3.8, 4) is 55.8 Å². The van der Waals surface area contributed by atoms with Crippen LogP contribution in [0.25, 0.3) is 119 Å². The predicted molar refractivity (Wildman–Crippen MR) is 322 cm³/mol. The van der Waals surface area contributed by atoms with Crippen LogP contribution >= 0.6 is 11.3 Å². The van der Waals surface area contributed by atoms with Crippen LogP contribution in [0.5, 0.6) is 0 Å². The summed E-state index contributed by atoms with van der Waals surface area (Å²) in [5, 5.41) is 11.4. The molecule has 11 heteroatoms. The average Bonchev–Trinajstić information content (AvgIpc) is 3.98. The van der Waals surface area contributed by atoms with Gasteiger partial charge in [-0.25, -0.2) is 0 Å². The van der Waals surface area contributed by atoms with Gasteiger partial charge in [-0.05, 0) is 113 Å². The Morgan fingerprint density at radius 3 is 1.60 bits per heavy atom. The lowest BCUT2D eigenvalue weighted by Gasteiger charge is -2.28. The molecule has 0 amide bonds. The molecule has 12 rings (SSSR count). The van der Waals surface area contributed by atoms with E-state index in [1.807, 2.05) is 11.3 Å². The fourth-order valence-corrected chi connectivity index (χ4v) is 12.7. The minimum absolute atomic E-state index is 0.878. The zero-order valence-corrected chi connectivity index (χ0v) is 40.6. The van der Waals surface area contributed by atoms with E-state index in [0.29, 0.717) is 0 Å². The molecule has 0 spiro atoms. The molecule has 0 fully saturated rings. The van der Waals surface area contributed by atoms with E-state index >= 15 is 0 Å². The molecule has 0 unspecified atom stereocenters. The van der Waals surface area contributed by atoms with Crippen LogP contribution in [-0.2, 0) is 0 Å². The minimum Gasteiger partial charge on any atom is -0.456 e. The lowest BCUT2D eigenvalue weighted by Crippen LogP contribution is -2.55. The third-order valence-corrected chi connectivity index (χ3v) is 17.0. The van der Waals surface area contributed by atoms with Crippen LogP contribution in [0.15, 0.2) is 156 Å². The van der Waals surface area contributed by atoms with Gasteiger partial charge in [-0.15, -0.1) is 38.7 Å². The smallest absolute Gasteiger partial charge is 0.139 e. The maximum Gasteiger partial charge on any atom is 0.139 e. The summed E-state index contributed by atoms with van der Waals surface area (Å²) in [5.74, 6) is 0.878. The normalized spacial score (nSPS) is 11.8. The van der Waals surface area contributed by atoms with Crippen molar-refractivity contribution in [2.45, 2.75) is 0 Å². The first-order chi connectivity index (χ1) is 32.5. The van der Waals surface area contributed by atoms with Crippen LogP contribution in [0.4, 0.5) is 0 Å². The van der Waals surface area contributed by atoms with E-state index in [0.717, 1.165) is 22.3 Å². The molecular weight excluding hydrogens is 818 g/mol. The van der Waals surface area contributed by atoms with Gasteiger partial charge in [-0.2, -0.15) is 0 Å². The van der Waals surface area contributed by atoms with Gasteiger partial charge in [0.15, 0.2) is 0 Å². The Kier molecular flexibility index (Phi) is 9.79. The van der Waals surface area contributed by atoms with Gasteiger partial charge in [0.25, 0.3) is 0 Å². The molecule has 2 heterocycles. The van der Waals surface area contributed by atoms with Crippen LogP contribution in [0.3, 0.4) is 0 Å². The van der Waals surface area contributed by atoms with Gasteiger partial charge in [0.2, 0.25) is 0 Å². The van der Waals surface area contributed by atoms with Crippen molar-refractivity contribution >= 4 is 195 Å². The van der Waals surface area contributed by atoms with Crippen LogP contribution in [0, 0.1) is 0 Å². The summed E-state index contributed by atoms with van der Waals surface area (Å²) in [5.41, 5.74) is 24.5. The Balaban J connectivity index is 1.12. The average molecular weight is 861 g/mol. The molecule has 10 aromatic carbocycles. The van der Waals surface area contributed by atoms with Crippen molar-refractivity contribution in [1.82, 2.24) is 0 Å². The topological polar surface area (TPSA) is 13.1 Å². The van der Waals surface area contributed by atoms with Gasteiger partial charge < -0.3 is 4.42 Å². The highest BCUT2D eigenvalue weighted by Gasteiger charge is 2.27. The van der Waals surface area contributed by atoms with Gasteiger partial charge in [0.05, 0.1) is 0 Å². The van der Waals surface area contributed by atoms with Crippen molar-refractivity contribution in [1.29, 1.82) is 0 Å². The standard InChI is InChI=1S/C56H43B9OS/c57-47-44-41(33-14-6-7-15-34(33)43(45(44)48(58)52(62)51(47)61)46-49(59)53(63)55(65)54(64)50(46)60)36-20-19-32(56-42(36)35-16-8-9-17-40(35)67-56)28-18-21-38-30(23-28)25-39(66-38)37-24-29(26-10-2-1-3-11-26)22-27-12-4-5-13-31(27)37/h1-25H,57-65H2. The SMILES string of the molecule is Bc1c(B)c(B)c(-c2c3ccccc3c(-c3ccc(-c4ccc5oc(-c6cc(-c7ccccc7)cc7ccccc67)cc5c4)c4sc5ccccc5c34)c3c(B)c(B)c(B)c(B)c23)c(B)c1B. The lowest BCUT2D eigenvalue weighted by atomic mass is 9.58. The van der Waals surface area contributed by atoms with Crippen LogP contribution in [0.2, 0.25) is 0 Å². The number of furan rings is 1. The van der Waals surface area contributed by atoms with Crippen molar-refractivity contribution in [3.05, 3.63) is 152 Å². The Morgan fingerprint density at radius 2 is 0.881 bits per heavy atom. The second kappa shape index (κ2) is 15.7. The van der Waals surface area contributed by atoms with E-state index in [1.54, 1.807) is 0 Å². The van der Waals surface area contributed by atoms with Gasteiger partial charge in [0.1, 0.15) is 82.0 Å². The minimum atomic E-state index is 0.878. The number of rotatable bonds is 5. The number of fused-ring (bicyclic) bond motifs is 7. The van der Waals surface area contributed by atoms with Crippen molar-refractivity contribution < 1.29 is 4.42 Å². The summed E-state index contributed by atoms with van der Waals surface area (Å²) < 4.78 is 9.36. The Morgan fingerprint density at radius 1 is 0.328 bits per heavy atom. The number of hydrogen-bond donors (Lipinski definition) is 0. The molecule has 0 aliphatic rings. The van der Waals surface area contributed by atoms with Crippen molar-refractivity contribution in [2.75, 3.05) is 0 Å². The third-order valence-electron chi connectivity index (χ3n) is 15.8. The summed E-state index contributed by atoms with van der Waals surface area (Å²) in [6, 6.07) is 55.9. The molecule has 0 bridgehead atoms. The highest BCUT2D eigenvalue weighted by molar-refractivity contribution is 7.26. The van der Waals surface area contributed by atoms with E-state index in [9.17, 15) is 0 Å². The summed E-state index contributed by atoms with van der Waals surface area (Å²) >= 11 is 1.91.